The van der Waals surface area contributed by atoms with Crippen molar-refractivity contribution in [1.82, 2.24) is 19.7 Å². The second kappa shape index (κ2) is 6.29. The minimum Gasteiger partial charge on any atom is -0.383 e. The zero-order chi connectivity index (χ0) is 16.4. The Bertz CT molecular complexity index is 692. The smallest absolute Gasteiger partial charge is 0.345 e. The summed E-state index contributed by atoms with van der Waals surface area (Å²) in [6.07, 6.45) is 2.65. The van der Waals surface area contributed by atoms with Gasteiger partial charge in [0.2, 0.25) is 0 Å². The van der Waals surface area contributed by atoms with Gasteiger partial charge in [0.25, 0.3) is 5.91 Å². The average Bonchev–Trinajstić information content (AvgIpc) is 3.14. The number of carbonyl (C=O) groups excluding carboxylic acids is 1. The maximum atomic E-state index is 12.5. The number of ether oxygens (including phenoxy) is 1. The molecule has 1 saturated heterocycles. The molecule has 1 aliphatic rings. The number of carbonyl (C=O) groups is 1. The number of likely N-dealkylation sites (tertiary alicyclic amines) is 1. The minimum absolute atomic E-state index is 0.109. The third kappa shape index (κ3) is 3.14. The number of halogens is 2. The van der Waals surface area contributed by atoms with E-state index in [1.165, 1.54) is 15.8 Å². The van der Waals surface area contributed by atoms with E-state index in [1.807, 2.05) is 0 Å². The van der Waals surface area contributed by atoms with E-state index in [9.17, 15) is 13.6 Å². The summed E-state index contributed by atoms with van der Waals surface area (Å²) in [5.74, 6) is 0.293. The Morgan fingerprint density at radius 2 is 2.26 bits per heavy atom. The summed E-state index contributed by atoms with van der Waals surface area (Å²) in [6, 6.07) is 5.24. The van der Waals surface area contributed by atoms with Gasteiger partial charge >= 0.3 is 6.61 Å². The Morgan fingerprint density at radius 1 is 1.43 bits per heavy atom. The highest BCUT2D eigenvalue weighted by Crippen LogP contribution is 2.22. The highest BCUT2D eigenvalue weighted by Gasteiger charge is 2.31. The summed E-state index contributed by atoms with van der Waals surface area (Å²) in [7, 11) is 0. The Kier molecular flexibility index (Phi) is 4.20. The van der Waals surface area contributed by atoms with Crippen LogP contribution in [0.2, 0.25) is 0 Å². The predicted molar refractivity (Wildman–Crippen MR) is 77.2 cm³/mol. The predicted octanol–water partition coefficient (Wildman–Crippen LogP) is 1.30. The molecule has 1 aliphatic heterocycles. The van der Waals surface area contributed by atoms with E-state index >= 15 is 0 Å². The molecule has 0 unspecified atom stereocenters. The summed E-state index contributed by atoms with van der Waals surface area (Å²) < 4.78 is 30.3. The van der Waals surface area contributed by atoms with E-state index in [1.54, 1.807) is 24.4 Å². The molecular formula is C14H15F2N5O2. The lowest BCUT2D eigenvalue weighted by Crippen LogP contribution is -2.31. The van der Waals surface area contributed by atoms with E-state index in [-0.39, 0.29) is 23.8 Å². The first-order valence-electron chi connectivity index (χ1n) is 7.04. The Morgan fingerprint density at radius 3 is 2.96 bits per heavy atom. The SMILES string of the molecule is Nc1c(C(=O)N2CC[C@H](OC(F)F)C2)cnn1-c1ccccn1. The van der Waals surface area contributed by atoms with E-state index in [0.29, 0.717) is 18.8 Å². The highest BCUT2D eigenvalue weighted by atomic mass is 19.3. The van der Waals surface area contributed by atoms with Gasteiger partial charge in [0, 0.05) is 19.3 Å². The van der Waals surface area contributed by atoms with Crippen LogP contribution in [0.25, 0.3) is 5.82 Å². The van der Waals surface area contributed by atoms with Crippen molar-refractivity contribution in [2.45, 2.75) is 19.1 Å². The number of hydrogen-bond acceptors (Lipinski definition) is 5. The molecule has 3 rings (SSSR count). The summed E-state index contributed by atoms with van der Waals surface area (Å²) in [5.41, 5.74) is 6.20. The number of hydrogen-bond donors (Lipinski definition) is 1. The van der Waals surface area contributed by atoms with Gasteiger partial charge in [-0.15, -0.1) is 0 Å². The standard InChI is InChI=1S/C14H15F2N5O2/c15-14(16)23-9-4-6-20(8-9)13(22)10-7-19-21(12(10)17)11-3-1-2-5-18-11/h1-3,5,7,9,14H,4,6,8,17H2/t9-/m0/s1. The summed E-state index contributed by atoms with van der Waals surface area (Å²) in [5, 5.41) is 4.08. The first-order chi connectivity index (χ1) is 11.1. The molecule has 2 aromatic rings. The zero-order valence-electron chi connectivity index (χ0n) is 12.1. The molecule has 9 heteroatoms. The van der Waals surface area contributed by atoms with Gasteiger partial charge in [-0.25, -0.2) is 4.98 Å². The number of alkyl halides is 2. The second-order valence-corrected chi connectivity index (χ2v) is 5.10. The monoisotopic (exact) mass is 323 g/mol. The van der Waals surface area contributed by atoms with Crippen LogP contribution in [0.15, 0.2) is 30.6 Å². The normalized spacial score (nSPS) is 17.9. The molecule has 3 heterocycles. The topological polar surface area (TPSA) is 86.3 Å². The lowest BCUT2D eigenvalue weighted by atomic mass is 10.3. The summed E-state index contributed by atoms with van der Waals surface area (Å²) in [6.45, 7) is -2.39. The van der Waals surface area contributed by atoms with Crippen molar-refractivity contribution in [3.63, 3.8) is 0 Å². The van der Waals surface area contributed by atoms with Crippen molar-refractivity contribution in [3.8, 4) is 5.82 Å². The number of amides is 1. The van der Waals surface area contributed by atoms with Crippen molar-refractivity contribution in [2.24, 2.45) is 0 Å². The van der Waals surface area contributed by atoms with Crippen molar-refractivity contribution in [1.29, 1.82) is 0 Å². The van der Waals surface area contributed by atoms with Gasteiger partial charge in [-0.05, 0) is 18.6 Å². The van der Waals surface area contributed by atoms with Gasteiger partial charge in [-0.1, -0.05) is 6.07 Å². The fraction of sp³-hybridized carbons (Fsp3) is 0.357. The van der Waals surface area contributed by atoms with Crippen molar-refractivity contribution in [2.75, 3.05) is 18.8 Å². The molecular weight excluding hydrogens is 308 g/mol. The molecule has 7 nitrogen and oxygen atoms in total. The van der Waals surface area contributed by atoms with Crippen LogP contribution < -0.4 is 5.73 Å². The Hall–Kier alpha value is -2.55. The van der Waals surface area contributed by atoms with Gasteiger partial charge in [0.05, 0.1) is 12.3 Å². The molecule has 0 aromatic carbocycles. The van der Waals surface area contributed by atoms with Gasteiger partial charge in [0.1, 0.15) is 11.4 Å². The molecule has 122 valence electrons. The number of rotatable bonds is 4. The lowest BCUT2D eigenvalue weighted by molar-refractivity contribution is -0.158. The summed E-state index contributed by atoms with van der Waals surface area (Å²) >= 11 is 0. The molecule has 2 N–H and O–H groups in total. The largest absolute Gasteiger partial charge is 0.383 e. The van der Waals surface area contributed by atoms with Gasteiger partial charge in [0.15, 0.2) is 5.82 Å². The van der Waals surface area contributed by atoms with Crippen LogP contribution in [-0.4, -0.2) is 51.4 Å². The zero-order valence-corrected chi connectivity index (χ0v) is 12.1. The third-order valence-electron chi connectivity index (χ3n) is 3.63. The Labute approximate surface area is 130 Å². The lowest BCUT2D eigenvalue weighted by Gasteiger charge is -2.16. The average molecular weight is 323 g/mol. The highest BCUT2D eigenvalue weighted by molar-refractivity contribution is 5.98. The van der Waals surface area contributed by atoms with Crippen molar-refractivity contribution >= 4 is 11.7 Å². The van der Waals surface area contributed by atoms with Crippen LogP contribution in [0, 0.1) is 0 Å². The first kappa shape index (κ1) is 15.3. The number of aromatic nitrogens is 3. The van der Waals surface area contributed by atoms with E-state index < -0.39 is 12.7 Å². The van der Waals surface area contributed by atoms with Gasteiger partial charge in [-0.2, -0.15) is 18.6 Å². The second-order valence-electron chi connectivity index (χ2n) is 5.10. The van der Waals surface area contributed by atoms with Crippen LogP contribution >= 0.6 is 0 Å². The number of nitrogen functional groups attached to an aromatic ring is 1. The minimum atomic E-state index is -2.84. The molecule has 1 amide bonds. The number of nitrogens with two attached hydrogens (primary N) is 1. The van der Waals surface area contributed by atoms with Crippen LogP contribution in [0.3, 0.4) is 0 Å². The van der Waals surface area contributed by atoms with Crippen LogP contribution in [0.4, 0.5) is 14.6 Å². The number of nitrogens with zero attached hydrogens (tertiary/aromatic N) is 4. The van der Waals surface area contributed by atoms with Gasteiger partial charge in [-0.3, -0.25) is 4.79 Å². The van der Waals surface area contributed by atoms with E-state index in [0.717, 1.165) is 0 Å². The van der Waals surface area contributed by atoms with Crippen molar-refractivity contribution < 1.29 is 18.3 Å². The fourth-order valence-electron chi connectivity index (χ4n) is 2.52. The molecule has 23 heavy (non-hydrogen) atoms. The third-order valence-corrected chi connectivity index (χ3v) is 3.63. The quantitative estimate of drug-likeness (QED) is 0.916. The molecule has 0 radical (unpaired) electrons. The molecule has 2 aromatic heterocycles. The van der Waals surface area contributed by atoms with Crippen LogP contribution in [0.5, 0.6) is 0 Å². The molecule has 0 aliphatic carbocycles. The maximum absolute atomic E-state index is 12.5. The maximum Gasteiger partial charge on any atom is 0.345 e. The molecule has 0 bridgehead atoms. The first-order valence-corrected chi connectivity index (χ1v) is 7.04. The number of anilines is 1. The van der Waals surface area contributed by atoms with E-state index in [2.05, 4.69) is 14.8 Å². The molecule has 0 spiro atoms. The summed E-state index contributed by atoms with van der Waals surface area (Å²) in [4.78, 5) is 18.0. The van der Waals surface area contributed by atoms with Crippen LogP contribution in [0.1, 0.15) is 16.8 Å². The number of pyridine rings is 1. The fourth-order valence-corrected chi connectivity index (χ4v) is 2.52. The molecule has 1 fully saturated rings. The molecule has 1 atom stereocenters. The molecule has 0 saturated carbocycles. The van der Waals surface area contributed by atoms with Crippen molar-refractivity contribution in [3.05, 3.63) is 36.2 Å². The van der Waals surface area contributed by atoms with Gasteiger partial charge < -0.3 is 15.4 Å². The van der Waals surface area contributed by atoms with Crippen LogP contribution in [-0.2, 0) is 4.74 Å². The Balaban J connectivity index is 1.75. The van der Waals surface area contributed by atoms with E-state index in [4.69, 9.17) is 5.73 Å².